The third kappa shape index (κ3) is 7.17. The summed E-state index contributed by atoms with van der Waals surface area (Å²) in [5, 5.41) is 13.2. The highest BCUT2D eigenvalue weighted by molar-refractivity contribution is 14.0. The van der Waals surface area contributed by atoms with E-state index in [1.165, 1.54) is 0 Å². The number of nitrogens with zero attached hydrogens (tertiary/aromatic N) is 1. The molecule has 0 atom stereocenters. The van der Waals surface area contributed by atoms with Crippen LogP contribution in [0.4, 0.5) is 0 Å². The quantitative estimate of drug-likeness (QED) is 0.293. The van der Waals surface area contributed by atoms with Gasteiger partial charge in [-0.3, -0.25) is 0 Å². The van der Waals surface area contributed by atoms with Crippen molar-refractivity contribution in [2.45, 2.75) is 31.8 Å². The maximum atomic E-state index is 10.2. The summed E-state index contributed by atoms with van der Waals surface area (Å²) in [4.78, 5) is 4.11. The molecule has 6 heteroatoms. The van der Waals surface area contributed by atoms with Crippen molar-refractivity contribution in [3.8, 4) is 0 Å². The van der Waals surface area contributed by atoms with Crippen LogP contribution in [0.15, 0.2) is 17.1 Å². The first-order chi connectivity index (χ1) is 8.02. The van der Waals surface area contributed by atoms with Crippen LogP contribution in [0.25, 0.3) is 0 Å². The Morgan fingerprint density at radius 2 is 2.11 bits per heavy atom. The fraction of sp³-hybridized carbons (Fsp3) is 0.750. The minimum absolute atomic E-state index is 0. The SMILES string of the molecule is C=C(C)CN=C(N)NCCC1(O)CCOCC1.I. The molecule has 1 rings (SSSR count). The minimum atomic E-state index is -0.611. The van der Waals surface area contributed by atoms with Gasteiger partial charge in [0, 0.05) is 19.8 Å². The molecule has 1 aliphatic rings. The molecule has 0 aliphatic carbocycles. The molecular weight excluding hydrogens is 345 g/mol. The number of rotatable bonds is 5. The summed E-state index contributed by atoms with van der Waals surface area (Å²) in [5.74, 6) is 0.406. The normalized spacial score (nSPS) is 18.9. The van der Waals surface area contributed by atoms with E-state index in [0.717, 1.165) is 5.57 Å². The molecule has 1 aliphatic heterocycles. The smallest absolute Gasteiger partial charge is 0.188 e. The van der Waals surface area contributed by atoms with Crippen molar-refractivity contribution < 1.29 is 9.84 Å². The first kappa shape index (κ1) is 17.7. The van der Waals surface area contributed by atoms with Gasteiger partial charge in [-0.2, -0.15) is 0 Å². The molecule has 0 bridgehead atoms. The molecule has 1 saturated heterocycles. The molecule has 18 heavy (non-hydrogen) atoms. The maximum Gasteiger partial charge on any atom is 0.188 e. The summed E-state index contributed by atoms with van der Waals surface area (Å²) in [6.45, 7) is 8.09. The van der Waals surface area contributed by atoms with Crippen LogP contribution in [-0.4, -0.2) is 43.0 Å². The van der Waals surface area contributed by atoms with E-state index in [0.29, 0.717) is 51.5 Å². The van der Waals surface area contributed by atoms with Gasteiger partial charge in [-0.1, -0.05) is 12.2 Å². The topological polar surface area (TPSA) is 79.9 Å². The first-order valence-corrected chi connectivity index (χ1v) is 6.00. The summed E-state index contributed by atoms with van der Waals surface area (Å²) in [7, 11) is 0. The second-order valence-corrected chi connectivity index (χ2v) is 4.67. The molecule has 0 aromatic rings. The van der Waals surface area contributed by atoms with Gasteiger partial charge in [-0.05, 0) is 26.2 Å². The van der Waals surface area contributed by atoms with Crippen LogP contribution < -0.4 is 11.1 Å². The Bertz CT molecular complexity index is 289. The predicted molar refractivity (Wildman–Crippen MR) is 84.3 cm³/mol. The lowest BCUT2D eigenvalue weighted by Gasteiger charge is -2.32. The van der Waals surface area contributed by atoms with Gasteiger partial charge in [0.25, 0.3) is 0 Å². The van der Waals surface area contributed by atoms with Gasteiger partial charge in [0.2, 0.25) is 0 Å². The van der Waals surface area contributed by atoms with Gasteiger partial charge in [-0.25, -0.2) is 4.99 Å². The summed E-state index contributed by atoms with van der Waals surface area (Å²) >= 11 is 0. The van der Waals surface area contributed by atoms with Crippen molar-refractivity contribution in [3.05, 3.63) is 12.2 Å². The lowest BCUT2D eigenvalue weighted by atomic mass is 9.91. The van der Waals surface area contributed by atoms with Gasteiger partial charge in [-0.15, -0.1) is 24.0 Å². The van der Waals surface area contributed by atoms with Crippen molar-refractivity contribution in [1.29, 1.82) is 0 Å². The average Bonchev–Trinajstić information content (AvgIpc) is 2.27. The van der Waals surface area contributed by atoms with Crippen molar-refractivity contribution >= 4 is 29.9 Å². The van der Waals surface area contributed by atoms with E-state index in [1.54, 1.807) is 0 Å². The zero-order valence-electron chi connectivity index (χ0n) is 10.9. The minimum Gasteiger partial charge on any atom is -0.390 e. The molecular formula is C12H24IN3O2. The van der Waals surface area contributed by atoms with E-state index in [4.69, 9.17) is 10.5 Å². The van der Waals surface area contributed by atoms with Gasteiger partial charge in [0.05, 0.1) is 12.1 Å². The second-order valence-electron chi connectivity index (χ2n) is 4.67. The molecule has 0 saturated carbocycles. The number of aliphatic hydroxyl groups is 1. The number of nitrogens with one attached hydrogen (secondary N) is 1. The standard InChI is InChI=1S/C12H23N3O2.HI/c1-10(2)9-15-11(13)14-6-3-12(16)4-7-17-8-5-12;/h16H,1,3-9H2,2H3,(H3,13,14,15);1H. The Kier molecular flexibility index (Phi) is 8.54. The highest BCUT2D eigenvalue weighted by Gasteiger charge is 2.28. The number of hydrogen-bond acceptors (Lipinski definition) is 3. The Hall–Kier alpha value is -0.340. The first-order valence-electron chi connectivity index (χ1n) is 6.00. The van der Waals surface area contributed by atoms with Crippen LogP contribution in [-0.2, 0) is 4.74 Å². The van der Waals surface area contributed by atoms with Crippen LogP contribution in [0.3, 0.4) is 0 Å². The zero-order chi connectivity index (χ0) is 12.7. The molecule has 1 heterocycles. The number of nitrogens with two attached hydrogens (primary N) is 1. The van der Waals surface area contributed by atoms with E-state index in [2.05, 4.69) is 16.9 Å². The van der Waals surface area contributed by atoms with Gasteiger partial charge in [0.15, 0.2) is 5.96 Å². The van der Waals surface area contributed by atoms with E-state index in [-0.39, 0.29) is 24.0 Å². The number of guanidine groups is 1. The van der Waals surface area contributed by atoms with Crippen molar-refractivity contribution in [1.82, 2.24) is 5.32 Å². The zero-order valence-corrected chi connectivity index (χ0v) is 13.3. The molecule has 5 nitrogen and oxygen atoms in total. The van der Waals surface area contributed by atoms with Crippen LogP contribution in [0.2, 0.25) is 0 Å². The molecule has 106 valence electrons. The molecule has 0 amide bonds. The van der Waals surface area contributed by atoms with E-state index in [1.807, 2.05) is 6.92 Å². The Morgan fingerprint density at radius 1 is 1.50 bits per heavy atom. The molecule has 0 aromatic heterocycles. The van der Waals surface area contributed by atoms with Gasteiger partial charge in [0.1, 0.15) is 0 Å². The van der Waals surface area contributed by atoms with Crippen molar-refractivity contribution in [2.75, 3.05) is 26.3 Å². The maximum absolute atomic E-state index is 10.2. The van der Waals surface area contributed by atoms with Crippen LogP contribution in [0, 0.1) is 0 Å². The molecule has 0 unspecified atom stereocenters. The lowest BCUT2D eigenvalue weighted by molar-refractivity contribution is -0.0668. The molecule has 0 spiro atoms. The summed E-state index contributed by atoms with van der Waals surface area (Å²) in [6, 6.07) is 0. The van der Waals surface area contributed by atoms with Crippen molar-refractivity contribution in [3.63, 3.8) is 0 Å². The number of halogens is 1. The molecule has 1 fully saturated rings. The average molecular weight is 369 g/mol. The van der Waals surface area contributed by atoms with Crippen LogP contribution in [0.1, 0.15) is 26.2 Å². The van der Waals surface area contributed by atoms with E-state index >= 15 is 0 Å². The lowest BCUT2D eigenvalue weighted by Crippen LogP contribution is -2.41. The van der Waals surface area contributed by atoms with Gasteiger partial charge < -0.3 is 20.9 Å². The van der Waals surface area contributed by atoms with E-state index in [9.17, 15) is 5.11 Å². The summed E-state index contributed by atoms with van der Waals surface area (Å²) in [5.41, 5.74) is 6.03. The van der Waals surface area contributed by atoms with E-state index < -0.39 is 5.60 Å². The monoisotopic (exact) mass is 369 g/mol. The molecule has 4 N–H and O–H groups in total. The third-order valence-corrected chi connectivity index (χ3v) is 2.84. The Balaban J connectivity index is 0.00000289. The van der Waals surface area contributed by atoms with Crippen LogP contribution >= 0.6 is 24.0 Å². The number of aliphatic imine (C=N–C) groups is 1. The third-order valence-electron chi connectivity index (χ3n) is 2.84. The van der Waals surface area contributed by atoms with Gasteiger partial charge >= 0.3 is 0 Å². The second kappa shape index (κ2) is 8.71. The number of ether oxygens (including phenoxy) is 1. The molecule has 0 radical (unpaired) electrons. The largest absolute Gasteiger partial charge is 0.390 e. The fourth-order valence-corrected chi connectivity index (χ4v) is 1.70. The summed E-state index contributed by atoms with van der Waals surface area (Å²) < 4.78 is 5.22. The fourth-order valence-electron chi connectivity index (χ4n) is 1.70. The predicted octanol–water partition coefficient (Wildman–Crippen LogP) is 1.02. The number of hydrogen-bond donors (Lipinski definition) is 3. The summed E-state index contributed by atoms with van der Waals surface area (Å²) in [6.07, 6.45) is 2.05. The highest BCUT2D eigenvalue weighted by atomic mass is 127. The Labute approximate surface area is 126 Å². The van der Waals surface area contributed by atoms with Crippen LogP contribution in [0.5, 0.6) is 0 Å². The van der Waals surface area contributed by atoms with Crippen molar-refractivity contribution in [2.24, 2.45) is 10.7 Å². The Morgan fingerprint density at radius 3 is 2.67 bits per heavy atom. The highest BCUT2D eigenvalue weighted by Crippen LogP contribution is 2.23. The molecule has 0 aromatic carbocycles.